The molecular formula is C34H28N6. The molecule has 0 atom stereocenters. The maximum Gasteiger partial charge on any atom is 0.0858 e. The first kappa shape index (κ1) is 26.3. The fraction of sp³-hybridized carbons (Fsp3) is 0.0588. The van der Waals surface area contributed by atoms with Gasteiger partial charge < -0.3 is 0 Å². The minimum Gasteiger partial charge on any atom is -0.256 e. The van der Waals surface area contributed by atoms with Gasteiger partial charge in [-0.15, -0.1) is 0 Å². The molecule has 0 saturated heterocycles. The standard InChI is InChI=1S/C34H28N6/c1-25-3-11-31(12-4-25)37-39-33-19-15-29(16-20-33)35-23-27-7-9-28(10-8-27)24-36-30-17-21-34(22-18-30)40-38-32-13-5-26(2)6-14-32/h3-24H,1-2H3. The minimum atomic E-state index is 0.782. The molecule has 0 fully saturated rings. The van der Waals surface area contributed by atoms with Crippen LogP contribution in [0.4, 0.5) is 34.1 Å². The van der Waals surface area contributed by atoms with E-state index in [1.54, 1.807) is 0 Å². The van der Waals surface area contributed by atoms with Crippen molar-refractivity contribution in [1.29, 1.82) is 0 Å². The third kappa shape index (κ3) is 7.82. The fourth-order valence-electron chi connectivity index (χ4n) is 3.63. The van der Waals surface area contributed by atoms with E-state index in [0.717, 1.165) is 45.3 Å². The van der Waals surface area contributed by atoms with Crippen molar-refractivity contribution in [2.75, 3.05) is 0 Å². The second-order valence-electron chi connectivity index (χ2n) is 9.29. The molecule has 0 aliphatic carbocycles. The van der Waals surface area contributed by atoms with Crippen LogP contribution in [-0.4, -0.2) is 12.4 Å². The molecule has 0 aromatic heterocycles. The van der Waals surface area contributed by atoms with E-state index in [2.05, 4.69) is 30.4 Å². The van der Waals surface area contributed by atoms with Crippen LogP contribution in [0.5, 0.6) is 0 Å². The zero-order chi connectivity index (χ0) is 27.6. The van der Waals surface area contributed by atoms with Crippen molar-refractivity contribution in [1.82, 2.24) is 0 Å². The predicted octanol–water partition coefficient (Wildman–Crippen LogP) is 10.6. The summed E-state index contributed by atoms with van der Waals surface area (Å²) in [6.45, 7) is 4.10. The Bertz CT molecular complexity index is 1520. The molecule has 0 bridgehead atoms. The molecule has 0 spiro atoms. The third-order valence-corrected chi connectivity index (χ3v) is 5.99. The Kier molecular flexibility index (Phi) is 8.49. The van der Waals surface area contributed by atoms with Crippen molar-refractivity contribution >= 4 is 46.6 Å². The first-order valence-corrected chi connectivity index (χ1v) is 12.9. The molecule has 5 aromatic carbocycles. The molecule has 0 aliphatic heterocycles. The monoisotopic (exact) mass is 520 g/mol. The van der Waals surface area contributed by atoms with E-state index < -0.39 is 0 Å². The van der Waals surface area contributed by atoms with Crippen molar-refractivity contribution in [2.45, 2.75) is 13.8 Å². The van der Waals surface area contributed by atoms with E-state index in [1.165, 1.54) is 11.1 Å². The van der Waals surface area contributed by atoms with Crippen molar-refractivity contribution in [3.63, 3.8) is 0 Å². The molecule has 0 amide bonds. The number of aliphatic imine (C=N–C) groups is 2. The van der Waals surface area contributed by atoms with Gasteiger partial charge in [0.25, 0.3) is 0 Å². The Morgan fingerprint density at radius 2 is 0.575 bits per heavy atom. The van der Waals surface area contributed by atoms with Crippen LogP contribution in [0.15, 0.2) is 152 Å². The molecular weight excluding hydrogens is 492 g/mol. The Labute approximate surface area is 234 Å². The van der Waals surface area contributed by atoms with E-state index in [1.807, 2.05) is 148 Å². The molecule has 0 heterocycles. The van der Waals surface area contributed by atoms with Crippen LogP contribution >= 0.6 is 0 Å². The Morgan fingerprint density at radius 1 is 0.325 bits per heavy atom. The van der Waals surface area contributed by atoms with Crippen molar-refractivity contribution in [3.05, 3.63) is 144 Å². The topological polar surface area (TPSA) is 74.2 Å². The smallest absolute Gasteiger partial charge is 0.0858 e. The highest BCUT2D eigenvalue weighted by molar-refractivity contribution is 5.86. The lowest BCUT2D eigenvalue weighted by Crippen LogP contribution is -1.84. The predicted molar refractivity (Wildman–Crippen MR) is 165 cm³/mol. The summed E-state index contributed by atoms with van der Waals surface area (Å²) >= 11 is 0. The summed E-state index contributed by atoms with van der Waals surface area (Å²) in [5.41, 5.74) is 9.32. The van der Waals surface area contributed by atoms with Gasteiger partial charge in [-0.05, 0) is 97.8 Å². The molecule has 6 heteroatoms. The van der Waals surface area contributed by atoms with Gasteiger partial charge in [0.2, 0.25) is 0 Å². The third-order valence-electron chi connectivity index (χ3n) is 5.99. The van der Waals surface area contributed by atoms with E-state index in [9.17, 15) is 0 Å². The summed E-state index contributed by atoms with van der Waals surface area (Å²) in [7, 11) is 0. The molecule has 0 N–H and O–H groups in total. The highest BCUT2D eigenvalue weighted by Gasteiger charge is 1.96. The number of hydrogen-bond donors (Lipinski definition) is 0. The lowest BCUT2D eigenvalue weighted by atomic mass is 10.1. The number of aryl methyl sites for hydroxylation is 2. The normalized spacial score (nSPS) is 11.8. The van der Waals surface area contributed by atoms with Crippen molar-refractivity contribution < 1.29 is 0 Å². The summed E-state index contributed by atoms with van der Waals surface area (Å²) < 4.78 is 0. The van der Waals surface area contributed by atoms with Crippen LogP contribution in [0.25, 0.3) is 0 Å². The van der Waals surface area contributed by atoms with Gasteiger partial charge in [-0.25, -0.2) is 0 Å². The first-order chi connectivity index (χ1) is 19.6. The van der Waals surface area contributed by atoms with Crippen LogP contribution in [0.1, 0.15) is 22.3 Å². The molecule has 0 aliphatic rings. The quantitative estimate of drug-likeness (QED) is 0.144. The molecule has 40 heavy (non-hydrogen) atoms. The first-order valence-electron chi connectivity index (χ1n) is 12.9. The number of rotatable bonds is 8. The van der Waals surface area contributed by atoms with E-state index >= 15 is 0 Å². The van der Waals surface area contributed by atoms with Gasteiger partial charge in [-0.1, -0.05) is 59.7 Å². The average Bonchev–Trinajstić information content (AvgIpc) is 3.00. The Balaban J connectivity index is 1.14. The maximum atomic E-state index is 4.57. The Morgan fingerprint density at radius 3 is 0.875 bits per heavy atom. The summed E-state index contributed by atoms with van der Waals surface area (Å²) in [5.74, 6) is 0. The number of azo groups is 2. The molecule has 5 aromatic rings. The van der Waals surface area contributed by atoms with Crippen LogP contribution < -0.4 is 0 Å². The van der Waals surface area contributed by atoms with Crippen molar-refractivity contribution in [2.24, 2.45) is 30.4 Å². The summed E-state index contributed by atoms with van der Waals surface area (Å²) in [6, 6.07) is 39.3. The highest BCUT2D eigenvalue weighted by atomic mass is 15.1. The van der Waals surface area contributed by atoms with Gasteiger partial charge >= 0.3 is 0 Å². The molecule has 6 nitrogen and oxygen atoms in total. The van der Waals surface area contributed by atoms with Gasteiger partial charge in [-0.2, -0.15) is 20.5 Å². The lowest BCUT2D eigenvalue weighted by Gasteiger charge is -1.98. The summed E-state index contributed by atoms with van der Waals surface area (Å²) in [6.07, 6.45) is 3.68. The molecule has 0 unspecified atom stereocenters. The SMILES string of the molecule is Cc1ccc(N=Nc2ccc(N=Cc3ccc(C=Nc4ccc(N=Nc5ccc(C)cc5)cc4)cc3)cc2)cc1. The van der Waals surface area contributed by atoms with Crippen LogP contribution in [-0.2, 0) is 0 Å². The van der Waals surface area contributed by atoms with Gasteiger partial charge in [-0.3, -0.25) is 9.98 Å². The summed E-state index contributed by atoms with van der Waals surface area (Å²) in [5, 5.41) is 17.1. The van der Waals surface area contributed by atoms with Crippen LogP contribution in [0, 0.1) is 13.8 Å². The fourth-order valence-corrected chi connectivity index (χ4v) is 3.63. The average molecular weight is 521 g/mol. The second kappa shape index (κ2) is 12.9. The molecule has 5 rings (SSSR count). The number of benzene rings is 5. The molecule has 0 radical (unpaired) electrons. The van der Waals surface area contributed by atoms with Crippen LogP contribution in [0.2, 0.25) is 0 Å². The van der Waals surface area contributed by atoms with Gasteiger partial charge in [0, 0.05) is 12.4 Å². The Hall–Kier alpha value is -5.36. The van der Waals surface area contributed by atoms with Gasteiger partial charge in [0.1, 0.15) is 0 Å². The molecule has 0 saturated carbocycles. The zero-order valence-electron chi connectivity index (χ0n) is 22.4. The largest absolute Gasteiger partial charge is 0.256 e. The number of hydrogen-bond acceptors (Lipinski definition) is 6. The number of nitrogens with zero attached hydrogens (tertiary/aromatic N) is 6. The van der Waals surface area contributed by atoms with E-state index in [4.69, 9.17) is 0 Å². The van der Waals surface area contributed by atoms with Gasteiger partial charge in [0.05, 0.1) is 34.1 Å². The lowest BCUT2D eigenvalue weighted by molar-refractivity contribution is 1.23. The maximum absolute atomic E-state index is 4.57. The minimum absolute atomic E-state index is 0.782. The van der Waals surface area contributed by atoms with Crippen molar-refractivity contribution in [3.8, 4) is 0 Å². The van der Waals surface area contributed by atoms with E-state index in [-0.39, 0.29) is 0 Å². The van der Waals surface area contributed by atoms with Crippen LogP contribution in [0.3, 0.4) is 0 Å². The van der Waals surface area contributed by atoms with E-state index in [0.29, 0.717) is 0 Å². The highest BCUT2D eigenvalue weighted by Crippen LogP contribution is 2.23. The van der Waals surface area contributed by atoms with Gasteiger partial charge in [0.15, 0.2) is 0 Å². The molecule has 194 valence electrons. The summed E-state index contributed by atoms with van der Waals surface area (Å²) in [4.78, 5) is 9.14. The second-order valence-corrected chi connectivity index (χ2v) is 9.29. The zero-order valence-corrected chi connectivity index (χ0v) is 22.4.